The fourth-order valence-electron chi connectivity index (χ4n) is 3.95. The van der Waals surface area contributed by atoms with E-state index in [1.54, 1.807) is 11.8 Å². The molecule has 0 spiro atoms. The Bertz CT molecular complexity index is 854. The molecule has 2 heterocycles. The lowest BCUT2D eigenvalue weighted by Gasteiger charge is -2.27. The molecule has 29 heavy (non-hydrogen) atoms. The Morgan fingerprint density at radius 3 is 2.66 bits per heavy atom. The van der Waals surface area contributed by atoms with Crippen molar-refractivity contribution < 1.29 is 14.3 Å². The highest BCUT2D eigenvalue weighted by atomic mass is 35.5. The summed E-state index contributed by atoms with van der Waals surface area (Å²) in [6.07, 6.45) is 3.90. The normalized spacial score (nSPS) is 18.7. The van der Waals surface area contributed by atoms with Gasteiger partial charge < -0.3 is 14.4 Å². The van der Waals surface area contributed by atoms with E-state index in [1.165, 1.54) is 32.4 Å². The zero-order valence-electron chi connectivity index (χ0n) is 16.4. The molecule has 2 aromatic carbocycles. The van der Waals surface area contributed by atoms with Crippen molar-refractivity contribution in [3.63, 3.8) is 0 Å². The van der Waals surface area contributed by atoms with E-state index in [9.17, 15) is 4.79 Å². The van der Waals surface area contributed by atoms with E-state index in [1.807, 2.05) is 42.5 Å². The van der Waals surface area contributed by atoms with Crippen molar-refractivity contribution in [2.24, 2.45) is 0 Å². The number of ether oxygens (including phenoxy) is 2. The zero-order chi connectivity index (χ0) is 20.1. The molecule has 0 aliphatic carbocycles. The molecule has 6 heteroatoms. The summed E-state index contributed by atoms with van der Waals surface area (Å²) < 4.78 is 11.3. The van der Waals surface area contributed by atoms with Crippen molar-refractivity contribution in [2.75, 3.05) is 39.5 Å². The summed E-state index contributed by atoms with van der Waals surface area (Å²) in [4.78, 5) is 17.5. The maximum absolute atomic E-state index is 13.0. The van der Waals surface area contributed by atoms with Gasteiger partial charge in [-0.05, 0) is 61.3 Å². The second-order valence-corrected chi connectivity index (χ2v) is 8.96. The van der Waals surface area contributed by atoms with Crippen molar-refractivity contribution in [1.29, 1.82) is 0 Å². The molecule has 0 amide bonds. The third-order valence-corrected chi connectivity index (χ3v) is 6.86. The van der Waals surface area contributed by atoms with E-state index < -0.39 is 5.92 Å². The Balaban J connectivity index is 1.33. The predicted octanol–water partition coefficient (Wildman–Crippen LogP) is 4.98. The molecule has 0 radical (unpaired) electrons. The number of carbonyl (C=O) groups excluding carboxylic acids is 1. The summed E-state index contributed by atoms with van der Waals surface area (Å²) in [6, 6.07) is 13.7. The largest absolute Gasteiger partial charge is 0.463 e. The smallest absolute Gasteiger partial charge is 0.318 e. The van der Waals surface area contributed by atoms with Crippen LogP contribution in [0.2, 0.25) is 5.02 Å². The maximum atomic E-state index is 13.0. The summed E-state index contributed by atoms with van der Waals surface area (Å²) in [7, 11) is 0. The average molecular weight is 432 g/mol. The van der Waals surface area contributed by atoms with Gasteiger partial charge in [-0.1, -0.05) is 48.0 Å². The Morgan fingerprint density at radius 2 is 1.79 bits per heavy atom. The van der Waals surface area contributed by atoms with Gasteiger partial charge in [-0.2, -0.15) is 0 Å². The predicted molar refractivity (Wildman–Crippen MR) is 116 cm³/mol. The second-order valence-electron chi connectivity index (χ2n) is 7.44. The van der Waals surface area contributed by atoms with Crippen molar-refractivity contribution in [3.05, 3.63) is 58.6 Å². The van der Waals surface area contributed by atoms with E-state index in [-0.39, 0.29) is 12.6 Å². The number of halogens is 1. The number of benzene rings is 2. The number of rotatable bonds is 7. The summed E-state index contributed by atoms with van der Waals surface area (Å²) in [6.45, 7) is 4.65. The van der Waals surface area contributed by atoms with Crippen molar-refractivity contribution in [3.8, 4) is 0 Å². The minimum Gasteiger partial charge on any atom is -0.463 e. The quantitative estimate of drug-likeness (QED) is 0.456. The van der Waals surface area contributed by atoms with E-state index in [4.69, 9.17) is 21.1 Å². The highest BCUT2D eigenvalue weighted by Gasteiger charge is 2.32. The highest BCUT2D eigenvalue weighted by Crippen LogP contribution is 2.46. The Morgan fingerprint density at radius 1 is 1.00 bits per heavy atom. The van der Waals surface area contributed by atoms with Crippen molar-refractivity contribution >= 4 is 29.3 Å². The Hall–Kier alpha value is -1.53. The van der Waals surface area contributed by atoms with E-state index in [0.717, 1.165) is 27.5 Å². The van der Waals surface area contributed by atoms with Crippen LogP contribution in [0.25, 0.3) is 0 Å². The number of hydrogen-bond acceptors (Lipinski definition) is 5. The average Bonchev–Trinajstić information content (AvgIpc) is 2.75. The fraction of sp³-hybridized carbons (Fsp3) is 0.435. The van der Waals surface area contributed by atoms with Gasteiger partial charge in [-0.25, -0.2) is 0 Å². The summed E-state index contributed by atoms with van der Waals surface area (Å²) in [5, 5.41) is 0.627. The number of nitrogens with zero attached hydrogens (tertiary/aromatic N) is 1. The summed E-state index contributed by atoms with van der Waals surface area (Å²) >= 11 is 7.88. The van der Waals surface area contributed by atoms with Crippen molar-refractivity contribution in [1.82, 2.24) is 4.90 Å². The summed E-state index contributed by atoms with van der Waals surface area (Å²) in [5.74, 6) is -0.699. The lowest BCUT2D eigenvalue weighted by Crippen LogP contribution is -2.33. The van der Waals surface area contributed by atoms with Gasteiger partial charge in [-0.3, -0.25) is 4.79 Å². The second kappa shape index (κ2) is 9.98. The maximum Gasteiger partial charge on any atom is 0.318 e. The van der Waals surface area contributed by atoms with Gasteiger partial charge in [-0.15, -0.1) is 0 Å². The molecular formula is C23H26ClNO3S. The third-order valence-electron chi connectivity index (χ3n) is 5.44. The lowest BCUT2D eigenvalue weighted by atomic mass is 9.90. The first-order chi connectivity index (χ1) is 14.2. The molecule has 2 aliphatic heterocycles. The van der Waals surface area contributed by atoms with Crippen LogP contribution in [0.1, 0.15) is 36.3 Å². The molecule has 0 aromatic heterocycles. The molecule has 1 unspecified atom stereocenters. The SMILES string of the molecule is O=C(OCCOCCN1CCCCC1)C1c2ccccc2Sc2ccc(Cl)cc21. The number of likely N-dealkylation sites (tertiary alicyclic amines) is 1. The van der Waals surface area contributed by atoms with Crippen LogP contribution < -0.4 is 0 Å². The summed E-state index contributed by atoms with van der Waals surface area (Å²) in [5.41, 5.74) is 1.89. The van der Waals surface area contributed by atoms with Crippen LogP contribution in [0.3, 0.4) is 0 Å². The first-order valence-electron chi connectivity index (χ1n) is 10.3. The first-order valence-corrected chi connectivity index (χ1v) is 11.4. The van der Waals surface area contributed by atoms with Gasteiger partial charge in [0.25, 0.3) is 0 Å². The Labute approximate surface area is 181 Å². The van der Waals surface area contributed by atoms with Crippen LogP contribution in [0.5, 0.6) is 0 Å². The molecule has 1 saturated heterocycles. The molecule has 1 fully saturated rings. The van der Waals surface area contributed by atoms with Crippen LogP contribution in [0.15, 0.2) is 52.3 Å². The van der Waals surface area contributed by atoms with Crippen LogP contribution in [-0.2, 0) is 14.3 Å². The molecule has 2 aromatic rings. The first kappa shape index (κ1) is 20.7. The van der Waals surface area contributed by atoms with Gasteiger partial charge >= 0.3 is 5.97 Å². The molecule has 0 saturated carbocycles. The molecule has 154 valence electrons. The number of esters is 1. The Kier molecular flexibility index (Phi) is 7.14. The van der Waals surface area contributed by atoms with E-state index in [0.29, 0.717) is 18.2 Å². The van der Waals surface area contributed by atoms with Gasteiger partial charge in [0, 0.05) is 21.4 Å². The zero-order valence-corrected chi connectivity index (χ0v) is 18.0. The number of piperidine rings is 1. The van der Waals surface area contributed by atoms with Gasteiger partial charge in [0.2, 0.25) is 0 Å². The number of hydrogen-bond donors (Lipinski definition) is 0. The lowest BCUT2D eigenvalue weighted by molar-refractivity contribution is -0.146. The molecule has 1 atom stereocenters. The fourth-order valence-corrected chi connectivity index (χ4v) is 5.25. The highest BCUT2D eigenvalue weighted by molar-refractivity contribution is 7.99. The molecule has 4 rings (SSSR count). The number of carbonyl (C=O) groups is 1. The molecule has 0 N–H and O–H groups in total. The van der Waals surface area contributed by atoms with Crippen LogP contribution in [0, 0.1) is 0 Å². The van der Waals surface area contributed by atoms with Crippen LogP contribution in [0.4, 0.5) is 0 Å². The minimum absolute atomic E-state index is 0.249. The molecule has 4 nitrogen and oxygen atoms in total. The third kappa shape index (κ3) is 5.15. The van der Waals surface area contributed by atoms with E-state index in [2.05, 4.69) is 4.90 Å². The number of fused-ring (bicyclic) bond motifs is 2. The van der Waals surface area contributed by atoms with Gasteiger partial charge in [0.15, 0.2) is 0 Å². The topological polar surface area (TPSA) is 38.8 Å². The van der Waals surface area contributed by atoms with Crippen LogP contribution in [-0.4, -0.2) is 50.3 Å². The van der Waals surface area contributed by atoms with Gasteiger partial charge in [0.05, 0.1) is 13.2 Å². The van der Waals surface area contributed by atoms with E-state index >= 15 is 0 Å². The minimum atomic E-state index is -0.450. The molecule has 2 aliphatic rings. The molecule has 0 bridgehead atoms. The van der Waals surface area contributed by atoms with Crippen molar-refractivity contribution in [2.45, 2.75) is 35.0 Å². The van der Waals surface area contributed by atoms with Gasteiger partial charge in [0.1, 0.15) is 12.5 Å². The van der Waals surface area contributed by atoms with Crippen LogP contribution >= 0.6 is 23.4 Å². The monoisotopic (exact) mass is 431 g/mol. The standard InChI is InChI=1S/C23H26ClNO3S/c24-17-8-9-21-19(16-17)22(18-6-2-3-7-20(18)29-21)23(26)28-15-14-27-13-12-25-10-4-1-5-11-25/h2-3,6-9,16,22H,1,4-5,10-15H2. The molecular weight excluding hydrogens is 406 g/mol.